The lowest BCUT2D eigenvalue weighted by Crippen LogP contribution is -2.36. The van der Waals surface area contributed by atoms with E-state index < -0.39 is 6.04 Å². The molecule has 2 amide bonds. The highest BCUT2D eigenvalue weighted by Gasteiger charge is 2.40. The number of imide groups is 1. The number of amides is 2. The zero-order valence-corrected chi connectivity index (χ0v) is 15.1. The number of carbonyl (C=O) groups excluding carboxylic acids is 2. The molecule has 1 N–H and O–H groups in total. The van der Waals surface area contributed by atoms with Crippen LogP contribution in [0.5, 0.6) is 5.75 Å². The Kier molecular flexibility index (Phi) is 4.91. The molecule has 3 aromatic rings. The molecular weight excluding hydrogens is 354 g/mol. The second kappa shape index (κ2) is 7.66. The number of hydrogen-bond donors (Lipinski definition) is 1. The standard InChI is InChI=1S/C23H19NO4/c25-14-21(24-22(26)19-8-4-5-9-20(19)23(24)27)17-10-12-18(13-11-17)28-15-16-6-2-1-3-7-16/h1-13,21,25H,14-15H2/t21-/m0/s1. The molecule has 140 valence electrons. The molecule has 1 aliphatic rings. The molecule has 0 radical (unpaired) electrons. The topological polar surface area (TPSA) is 66.8 Å². The number of nitrogens with zero attached hydrogens (tertiary/aromatic N) is 1. The van der Waals surface area contributed by atoms with Gasteiger partial charge in [0.15, 0.2) is 0 Å². The Balaban J connectivity index is 1.51. The van der Waals surface area contributed by atoms with Crippen molar-refractivity contribution in [2.24, 2.45) is 0 Å². The number of carbonyl (C=O) groups is 2. The van der Waals surface area contributed by atoms with Gasteiger partial charge in [-0.3, -0.25) is 14.5 Å². The van der Waals surface area contributed by atoms with Crippen LogP contribution in [-0.2, 0) is 6.61 Å². The van der Waals surface area contributed by atoms with Crippen molar-refractivity contribution < 1.29 is 19.4 Å². The molecule has 5 nitrogen and oxygen atoms in total. The van der Waals surface area contributed by atoms with Crippen molar-refractivity contribution in [2.75, 3.05) is 6.61 Å². The number of rotatable bonds is 6. The minimum Gasteiger partial charge on any atom is -0.489 e. The van der Waals surface area contributed by atoms with Crippen LogP contribution in [0.4, 0.5) is 0 Å². The molecule has 0 fully saturated rings. The summed E-state index contributed by atoms with van der Waals surface area (Å²) in [5, 5.41) is 9.90. The number of ether oxygens (including phenoxy) is 1. The third-order valence-corrected chi connectivity index (χ3v) is 4.82. The summed E-state index contributed by atoms with van der Waals surface area (Å²) in [7, 11) is 0. The Bertz CT molecular complexity index is 964. The second-order valence-electron chi connectivity index (χ2n) is 6.57. The van der Waals surface area contributed by atoms with Crippen molar-refractivity contribution in [1.29, 1.82) is 0 Å². The summed E-state index contributed by atoms with van der Waals surface area (Å²) in [6.45, 7) is 0.0949. The van der Waals surface area contributed by atoms with Crippen molar-refractivity contribution >= 4 is 11.8 Å². The molecule has 0 spiro atoms. The van der Waals surface area contributed by atoms with Crippen molar-refractivity contribution in [1.82, 2.24) is 4.90 Å². The zero-order chi connectivity index (χ0) is 19.5. The van der Waals surface area contributed by atoms with Crippen LogP contribution in [0.2, 0.25) is 0 Å². The molecule has 0 saturated carbocycles. The molecule has 0 unspecified atom stereocenters. The Morgan fingerprint density at radius 1 is 0.786 bits per heavy atom. The number of aliphatic hydroxyl groups excluding tert-OH is 1. The van der Waals surface area contributed by atoms with Gasteiger partial charge in [-0.2, -0.15) is 0 Å². The highest BCUT2D eigenvalue weighted by molar-refractivity contribution is 6.21. The van der Waals surface area contributed by atoms with Crippen LogP contribution < -0.4 is 4.74 Å². The monoisotopic (exact) mass is 373 g/mol. The minimum atomic E-state index is -0.740. The van der Waals surface area contributed by atoms with Gasteiger partial charge in [0.2, 0.25) is 0 Å². The number of aliphatic hydroxyl groups is 1. The van der Waals surface area contributed by atoms with Crippen molar-refractivity contribution in [3.63, 3.8) is 0 Å². The molecule has 0 aliphatic carbocycles. The molecule has 28 heavy (non-hydrogen) atoms. The average molecular weight is 373 g/mol. The fourth-order valence-corrected chi connectivity index (χ4v) is 3.35. The molecule has 5 heteroatoms. The van der Waals surface area contributed by atoms with Gasteiger partial charge in [0.05, 0.1) is 23.8 Å². The van der Waals surface area contributed by atoms with Gasteiger partial charge in [0.1, 0.15) is 12.4 Å². The summed E-state index contributed by atoms with van der Waals surface area (Å²) in [6.07, 6.45) is 0. The van der Waals surface area contributed by atoms with Gasteiger partial charge in [-0.05, 0) is 35.4 Å². The van der Waals surface area contributed by atoms with Crippen LogP contribution >= 0.6 is 0 Å². The lowest BCUT2D eigenvalue weighted by Gasteiger charge is -2.25. The van der Waals surface area contributed by atoms with E-state index in [4.69, 9.17) is 4.74 Å². The quantitative estimate of drug-likeness (QED) is 0.671. The largest absolute Gasteiger partial charge is 0.489 e. The molecule has 0 saturated heterocycles. The first-order valence-electron chi connectivity index (χ1n) is 9.03. The Labute approximate surface area is 162 Å². The average Bonchev–Trinajstić information content (AvgIpc) is 3.00. The predicted octanol–water partition coefficient (Wildman–Crippen LogP) is 3.60. The van der Waals surface area contributed by atoms with Gasteiger partial charge in [-0.15, -0.1) is 0 Å². The summed E-state index contributed by atoms with van der Waals surface area (Å²) in [4.78, 5) is 26.5. The lowest BCUT2D eigenvalue weighted by atomic mass is 10.1. The normalized spacial score (nSPS) is 14.1. The zero-order valence-electron chi connectivity index (χ0n) is 15.1. The first kappa shape index (κ1) is 17.9. The Morgan fingerprint density at radius 2 is 1.36 bits per heavy atom. The third kappa shape index (κ3) is 3.28. The number of fused-ring (bicyclic) bond motifs is 1. The van der Waals surface area contributed by atoms with Crippen LogP contribution in [0.3, 0.4) is 0 Å². The summed E-state index contributed by atoms with van der Waals surface area (Å²) >= 11 is 0. The minimum absolute atomic E-state index is 0.352. The maximum absolute atomic E-state index is 12.7. The van der Waals surface area contributed by atoms with E-state index >= 15 is 0 Å². The third-order valence-electron chi connectivity index (χ3n) is 4.82. The summed E-state index contributed by atoms with van der Waals surface area (Å²) in [5.41, 5.74) is 2.47. The van der Waals surface area contributed by atoms with Gasteiger partial charge in [-0.1, -0.05) is 54.6 Å². The summed E-state index contributed by atoms with van der Waals surface area (Å²) < 4.78 is 5.77. The smallest absolute Gasteiger partial charge is 0.262 e. The van der Waals surface area contributed by atoms with E-state index in [1.54, 1.807) is 48.5 Å². The van der Waals surface area contributed by atoms with Crippen LogP contribution in [0.25, 0.3) is 0 Å². The van der Waals surface area contributed by atoms with Gasteiger partial charge in [0.25, 0.3) is 11.8 Å². The summed E-state index contributed by atoms with van der Waals surface area (Å²) in [6, 6.07) is 22.9. The van der Waals surface area contributed by atoms with Crippen LogP contribution in [0, 0.1) is 0 Å². The van der Waals surface area contributed by atoms with E-state index in [1.165, 1.54) is 0 Å². The SMILES string of the molecule is O=C1c2ccccc2C(=O)N1[C@@H](CO)c1ccc(OCc2ccccc2)cc1. The maximum Gasteiger partial charge on any atom is 0.262 e. The predicted molar refractivity (Wildman–Crippen MR) is 104 cm³/mol. The van der Waals surface area contributed by atoms with Gasteiger partial charge >= 0.3 is 0 Å². The Morgan fingerprint density at radius 3 is 1.93 bits per heavy atom. The fourth-order valence-electron chi connectivity index (χ4n) is 3.35. The first-order chi connectivity index (χ1) is 13.7. The molecule has 1 heterocycles. The molecular formula is C23H19NO4. The highest BCUT2D eigenvalue weighted by atomic mass is 16.5. The van der Waals surface area contributed by atoms with E-state index in [9.17, 15) is 14.7 Å². The molecule has 1 aliphatic heterocycles. The maximum atomic E-state index is 12.7. The van der Waals surface area contributed by atoms with Gasteiger partial charge < -0.3 is 9.84 Å². The highest BCUT2D eigenvalue weighted by Crippen LogP contribution is 2.31. The van der Waals surface area contributed by atoms with E-state index in [0.717, 1.165) is 10.5 Å². The second-order valence-corrected chi connectivity index (χ2v) is 6.57. The van der Waals surface area contributed by atoms with Crippen molar-refractivity contribution in [3.8, 4) is 5.75 Å². The van der Waals surface area contributed by atoms with E-state index in [0.29, 0.717) is 29.0 Å². The Hall–Kier alpha value is -3.44. The van der Waals surface area contributed by atoms with E-state index in [2.05, 4.69) is 0 Å². The van der Waals surface area contributed by atoms with Gasteiger partial charge in [0, 0.05) is 0 Å². The first-order valence-corrected chi connectivity index (χ1v) is 9.03. The fraction of sp³-hybridized carbons (Fsp3) is 0.130. The molecule has 1 atom stereocenters. The molecule has 0 bridgehead atoms. The summed E-state index contributed by atoms with van der Waals surface area (Å²) in [5.74, 6) is -0.0974. The molecule has 3 aromatic carbocycles. The van der Waals surface area contributed by atoms with Crippen molar-refractivity contribution in [3.05, 3.63) is 101 Å². The van der Waals surface area contributed by atoms with Crippen LogP contribution in [0.15, 0.2) is 78.9 Å². The van der Waals surface area contributed by atoms with Crippen LogP contribution in [0.1, 0.15) is 37.9 Å². The number of hydrogen-bond acceptors (Lipinski definition) is 4. The molecule has 0 aromatic heterocycles. The molecule has 4 rings (SSSR count). The van der Waals surface area contributed by atoms with Crippen molar-refractivity contribution in [2.45, 2.75) is 12.6 Å². The van der Waals surface area contributed by atoms with Gasteiger partial charge in [-0.25, -0.2) is 0 Å². The lowest BCUT2D eigenvalue weighted by molar-refractivity contribution is 0.0514. The number of benzene rings is 3. The van der Waals surface area contributed by atoms with E-state index in [1.807, 2.05) is 30.3 Å². The van der Waals surface area contributed by atoms with E-state index in [-0.39, 0.29) is 18.4 Å². The van der Waals surface area contributed by atoms with Crippen LogP contribution in [-0.4, -0.2) is 28.4 Å².